The van der Waals surface area contributed by atoms with Crippen LogP contribution in [0.5, 0.6) is 0 Å². The summed E-state index contributed by atoms with van der Waals surface area (Å²) in [6, 6.07) is 14.6. The average molecular weight is 456 g/mol. The summed E-state index contributed by atoms with van der Waals surface area (Å²) < 4.78 is 35.5. The van der Waals surface area contributed by atoms with E-state index < -0.39 is 33.6 Å². The van der Waals surface area contributed by atoms with Gasteiger partial charge in [0, 0.05) is 5.69 Å². The zero-order valence-corrected chi connectivity index (χ0v) is 19.2. The van der Waals surface area contributed by atoms with Crippen molar-refractivity contribution in [1.29, 1.82) is 0 Å². The summed E-state index contributed by atoms with van der Waals surface area (Å²) >= 11 is 0. The molecule has 3 rings (SSSR count). The van der Waals surface area contributed by atoms with Crippen LogP contribution >= 0.6 is 0 Å². The third-order valence-electron chi connectivity index (χ3n) is 4.88. The van der Waals surface area contributed by atoms with Crippen molar-refractivity contribution in [3.05, 3.63) is 82.8 Å². The fourth-order valence-electron chi connectivity index (χ4n) is 3.34. The minimum atomic E-state index is -3.62. The fraction of sp³-hybridized carbons (Fsp3) is 0.250. The Morgan fingerprint density at radius 3 is 2.25 bits per heavy atom. The van der Waals surface area contributed by atoms with Gasteiger partial charge in [-0.1, -0.05) is 35.9 Å². The number of esters is 1. The molecule has 1 aromatic heterocycles. The van der Waals surface area contributed by atoms with Crippen LogP contribution in [-0.4, -0.2) is 26.4 Å². The zero-order chi connectivity index (χ0) is 23.5. The molecule has 32 heavy (non-hydrogen) atoms. The van der Waals surface area contributed by atoms with Gasteiger partial charge in [0.15, 0.2) is 15.9 Å². The number of rotatable bonds is 7. The van der Waals surface area contributed by atoms with Crippen molar-refractivity contribution >= 4 is 27.4 Å². The number of furan rings is 1. The highest BCUT2D eigenvalue weighted by molar-refractivity contribution is 7.90. The maximum atomic E-state index is 12.5. The van der Waals surface area contributed by atoms with Crippen LogP contribution in [0.4, 0.5) is 5.69 Å². The summed E-state index contributed by atoms with van der Waals surface area (Å²) in [5.41, 5.74) is 3.57. The summed E-state index contributed by atoms with van der Waals surface area (Å²) in [7, 11) is -3.62. The Bertz CT molecular complexity index is 1220. The molecule has 1 heterocycles. The number of benzene rings is 2. The van der Waals surface area contributed by atoms with Gasteiger partial charge in [-0.15, -0.1) is 0 Å². The molecule has 1 atom stereocenters. The van der Waals surface area contributed by atoms with Crippen molar-refractivity contribution in [1.82, 2.24) is 0 Å². The predicted octanol–water partition coefficient (Wildman–Crippen LogP) is 4.36. The fourth-order valence-corrected chi connectivity index (χ4v) is 4.61. The highest BCUT2D eigenvalue weighted by Crippen LogP contribution is 2.23. The third kappa shape index (κ3) is 5.45. The second-order valence-corrected chi connectivity index (χ2v) is 9.64. The summed E-state index contributed by atoms with van der Waals surface area (Å²) in [6.07, 6.45) is -1.08. The molecular weight excluding hydrogens is 430 g/mol. The Kier molecular flexibility index (Phi) is 6.84. The number of anilines is 1. The Balaban J connectivity index is 1.64. The van der Waals surface area contributed by atoms with Crippen LogP contribution in [-0.2, 0) is 25.1 Å². The quantitative estimate of drug-likeness (QED) is 0.531. The molecule has 1 N–H and O–H groups in total. The number of nitrogens with one attached hydrogen (secondary N) is 1. The monoisotopic (exact) mass is 455 g/mol. The van der Waals surface area contributed by atoms with E-state index in [0.717, 1.165) is 16.7 Å². The van der Waals surface area contributed by atoms with Gasteiger partial charge >= 0.3 is 5.97 Å². The van der Waals surface area contributed by atoms with Crippen molar-refractivity contribution in [3.8, 4) is 0 Å². The molecule has 0 fully saturated rings. The van der Waals surface area contributed by atoms with E-state index >= 15 is 0 Å². The van der Waals surface area contributed by atoms with E-state index in [9.17, 15) is 18.0 Å². The third-order valence-corrected chi connectivity index (χ3v) is 6.53. The Morgan fingerprint density at radius 1 is 1.00 bits per heavy atom. The van der Waals surface area contributed by atoms with E-state index in [4.69, 9.17) is 9.15 Å². The first-order chi connectivity index (χ1) is 15.1. The predicted molar refractivity (Wildman–Crippen MR) is 120 cm³/mol. The number of carbonyl (C=O) groups is 2. The molecule has 0 saturated heterocycles. The van der Waals surface area contributed by atoms with Gasteiger partial charge in [-0.05, 0) is 63.1 Å². The Labute approximate surface area is 187 Å². The molecule has 0 spiro atoms. The van der Waals surface area contributed by atoms with Gasteiger partial charge in [-0.25, -0.2) is 13.2 Å². The number of carbonyl (C=O) groups excluding carboxylic acids is 2. The smallest absolute Gasteiger partial charge is 0.375 e. The highest BCUT2D eigenvalue weighted by Gasteiger charge is 2.24. The van der Waals surface area contributed by atoms with Crippen molar-refractivity contribution in [3.63, 3.8) is 0 Å². The lowest BCUT2D eigenvalue weighted by Gasteiger charge is -2.16. The number of aryl methyl sites for hydroxylation is 3. The molecule has 0 unspecified atom stereocenters. The Morgan fingerprint density at radius 2 is 1.62 bits per heavy atom. The molecule has 168 valence electrons. The van der Waals surface area contributed by atoms with Crippen molar-refractivity contribution in [2.45, 2.75) is 44.4 Å². The van der Waals surface area contributed by atoms with E-state index in [2.05, 4.69) is 5.32 Å². The lowest BCUT2D eigenvalue weighted by Crippen LogP contribution is -2.30. The van der Waals surface area contributed by atoms with Gasteiger partial charge in [-0.3, -0.25) is 4.79 Å². The van der Waals surface area contributed by atoms with Gasteiger partial charge in [-0.2, -0.15) is 0 Å². The topological polar surface area (TPSA) is 103 Å². The molecule has 1 amide bonds. The second kappa shape index (κ2) is 9.40. The Hall–Kier alpha value is -3.39. The van der Waals surface area contributed by atoms with Crippen LogP contribution < -0.4 is 5.32 Å². The first-order valence-corrected chi connectivity index (χ1v) is 11.7. The van der Waals surface area contributed by atoms with Gasteiger partial charge in [0.25, 0.3) is 5.91 Å². The first-order valence-electron chi connectivity index (χ1n) is 10.0. The number of hydrogen-bond acceptors (Lipinski definition) is 6. The summed E-state index contributed by atoms with van der Waals surface area (Å²) in [6.45, 7) is 7.20. The minimum Gasteiger partial charge on any atom is -0.453 e. The van der Waals surface area contributed by atoms with Crippen molar-refractivity contribution in [2.75, 3.05) is 5.32 Å². The minimum absolute atomic E-state index is 0.101. The maximum Gasteiger partial charge on any atom is 0.375 e. The molecule has 0 aliphatic carbocycles. The van der Waals surface area contributed by atoms with E-state index in [1.807, 2.05) is 32.9 Å². The average Bonchev–Trinajstić information content (AvgIpc) is 3.19. The molecule has 0 radical (unpaired) electrons. The van der Waals surface area contributed by atoms with E-state index in [0.29, 0.717) is 5.69 Å². The number of hydrogen-bond donors (Lipinski definition) is 1. The van der Waals surface area contributed by atoms with Gasteiger partial charge < -0.3 is 14.5 Å². The van der Waals surface area contributed by atoms with Gasteiger partial charge in [0.05, 0.1) is 4.90 Å². The summed E-state index contributed by atoms with van der Waals surface area (Å²) in [4.78, 5) is 25.1. The molecule has 0 saturated carbocycles. The standard InChI is InChI=1S/C24H25NO6S/c1-15-12-16(2)22(17(3)13-15)25-23(26)18(4)30-24(27)21-11-10-19(31-21)14-32(28,29)20-8-6-5-7-9-20/h5-13,18H,14H2,1-4H3,(H,25,26)/t18-/m1/s1. The largest absolute Gasteiger partial charge is 0.453 e. The van der Waals surface area contributed by atoms with E-state index in [-0.39, 0.29) is 16.4 Å². The van der Waals surface area contributed by atoms with Crippen LogP contribution in [0.1, 0.15) is 39.9 Å². The van der Waals surface area contributed by atoms with E-state index in [1.54, 1.807) is 18.2 Å². The molecule has 0 aliphatic heterocycles. The summed E-state index contributed by atoms with van der Waals surface area (Å²) in [5.74, 6) is -1.80. The van der Waals surface area contributed by atoms with Crippen LogP contribution in [0.15, 0.2) is 63.9 Å². The number of sulfone groups is 1. The SMILES string of the molecule is Cc1cc(C)c(NC(=O)[C@@H](C)OC(=O)c2ccc(CS(=O)(=O)c3ccccc3)o2)c(C)c1. The van der Waals surface area contributed by atoms with Crippen LogP contribution in [0.3, 0.4) is 0 Å². The van der Waals surface area contributed by atoms with Crippen LogP contribution in [0.2, 0.25) is 0 Å². The molecule has 3 aromatic rings. The van der Waals surface area contributed by atoms with Crippen LogP contribution in [0.25, 0.3) is 0 Å². The summed E-state index contributed by atoms with van der Waals surface area (Å²) in [5, 5.41) is 2.79. The number of amides is 1. The lowest BCUT2D eigenvalue weighted by atomic mass is 10.0. The lowest BCUT2D eigenvalue weighted by molar-refractivity contribution is -0.123. The zero-order valence-electron chi connectivity index (χ0n) is 18.3. The number of ether oxygens (including phenoxy) is 1. The van der Waals surface area contributed by atoms with Gasteiger partial charge in [0.1, 0.15) is 11.5 Å². The van der Waals surface area contributed by atoms with Crippen molar-refractivity contribution in [2.24, 2.45) is 0 Å². The second-order valence-electron chi connectivity index (χ2n) is 7.65. The molecule has 2 aromatic carbocycles. The van der Waals surface area contributed by atoms with E-state index in [1.165, 1.54) is 31.2 Å². The molecular formula is C24H25NO6S. The maximum absolute atomic E-state index is 12.5. The van der Waals surface area contributed by atoms with Gasteiger partial charge in [0.2, 0.25) is 5.76 Å². The first kappa shape index (κ1) is 23.3. The van der Waals surface area contributed by atoms with Crippen molar-refractivity contribution < 1.29 is 27.2 Å². The molecule has 0 bridgehead atoms. The normalized spacial score (nSPS) is 12.2. The molecule has 0 aliphatic rings. The molecule has 7 nitrogen and oxygen atoms in total. The highest BCUT2D eigenvalue weighted by atomic mass is 32.2. The molecule has 8 heteroatoms. The van der Waals surface area contributed by atoms with Crippen LogP contribution in [0, 0.1) is 20.8 Å².